The molecular formula is C9H12N2O2. The van der Waals surface area contributed by atoms with Crippen LogP contribution in [-0.2, 0) is 11.3 Å². The average molecular weight is 180 g/mol. The maximum atomic E-state index is 10.7. The molecule has 0 aliphatic heterocycles. The first-order chi connectivity index (χ1) is 6.22. The van der Waals surface area contributed by atoms with E-state index in [0.29, 0.717) is 6.54 Å². The summed E-state index contributed by atoms with van der Waals surface area (Å²) in [4.78, 5) is 10.7. The summed E-state index contributed by atoms with van der Waals surface area (Å²) in [7, 11) is 0. The fourth-order valence-electron chi connectivity index (χ4n) is 1.05. The van der Waals surface area contributed by atoms with Crippen molar-refractivity contribution in [3.63, 3.8) is 0 Å². The highest BCUT2D eigenvalue weighted by atomic mass is 16.5. The molecule has 0 aromatic heterocycles. The fourth-order valence-corrected chi connectivity index (χ4v) is 1.05. The van der Waals surface area contributed by atoms with Crippen LogP contribution in [-0.4, -0.2) is 11.1 Å². The lowest BCUT2D eigenvalue weighted by Gasteiger charge is -2.04. The Morgan fingerprint density at radius 3 is 2.92 bits per heavy atom. The molecule has 0 bridgehead atoms. The van der Waals surface area contributed by atoms with Crippen LogP contribution in [0.25, 0.3) is 0 Å². The lowest BCUT2D eigenvalue weighted by atomic mass is 10.2. The molecule has 1 aromatic carbocycles. The quantitative estimate of drug-likeness (QED) is 0.611. The van der Waals surface area contributed by atoms with Gasteiger partial charge in [0.25, 0.3) is 0 Å². The monoisotopic (exact) mass is 180 g/mol. The normalized spacial score (nSPS) is 9.69. The Kier molecular flexibility index (Phi) is 3.42. The summed E-state index contributed by atoms with van der Waals surface area (Å²) in [6.45, 7) is 1.82. The van der Waals surface area contributed by atoms with Crippen LogP contribution < -0.4 is 10.8 Å². The number of carbonyl (C=O) groups is 1. The number of rotatable bonds is 3. The highest BCUT2D eigenvalue weighted by molar-refractivity contribution is 5.88. The second-order valence-corrected chi connectivity index (χ2v) is 2.72. The predicted octanol–water partition coefficient (Wildman–Crippen LogP) is 1.12. The summed E-state index contributed by atoms with van der Waals surface area (Å²) >= 11 is 0. The zero-order valence-electron chi connectivity index (χ0n) is 7.37. The van der Waals surface area contributed by atoms with Crippen molar-refractivity contribution in [2.75, 3.05) is 5.32 Å². The molecule has 13 heavy (non-hydrogen) atoms. The third-order valence-electron chi connectivity index (χ3n) is 1.53. The van der Waals surface area contributed by atoms with Crippen LogP contribution in [0.1, 0.15) is 12.5 Å². The Labute approximate surface area is 76.5 Å². The molecule has 1 rings (SSSR count). The highest BCUT2D eigenvalue weighted by Crippen LogP contribution is 2.09. The molecule has 0 spiro atoms. The number of amides is 1. The number of nitrogens with one attached hydrogen (secondary N) is 2. The first-order valence-electron chi connectivity index (χ1n) is 3.96. The molecule has 0 radical (unpaired) electrons. The minimum absolute atomic E-state index is 0.103. The molecule has 70 valence electrons. The largest absolute Gasteiger partial charge is 0.326 e. The number of hydrogen-bond acceptors (Lipinski definition) is 3. The van der Waals surface area contributed by atoms with Gasteiger partial charge in [0.2, 0.25) is 5.91 Å². The van der Waals surface area contributed by atoms with Crippen molar-refractivity contribution in [3.8, 4) is 0 Å². The van der Waals surface area contributed by atoms with E-state index in [0.717, 1.165) is 11.3 Å². The van der Waals surface area contributed by atoms with E-state index >= 15 is 0 Å². The number of hydrogen-bond donors (Lipinski definition) is 3. The van der Waals surface area contributed by atoms with Crippen LogP contribution in [0.5, 0.6) is 0 Å². The van der Waals surface area contributed by atoms with Crippen molar-refractivity contribution in [2.45, 2.75) is 13.5 Å². The summed E-state index contributed by atoms with van der Waals surface area (Å²) in [5.74, 6) is -0.103. The SMILES string of the molecule is CC(=O)Nc1cccc(CNO)c1. The number of anilines is 1. The molecule has 0 aliphatic rings. The first-order valence-corrected chi connectivity index (χ1v) is 3.96. The van der Waals surface area contributed by atoms with Crippen LogP contribution in [0, 0.1) is 0 Å². The summed E-state index contributed by atoms with van der Waals surface area (Å²) in [5, 5.41) is 11.1. The van der Waals surface area contributed by atoms with Gasteiger partial charge in [-0.2, -0.15) is 0 Å². The van der Waals surface area contributed by atoms with Gasteiger partial charge in [-0.1, -0.05) is 12.1 Å². The van der Waals surface area contributed by atoms with Gasteiger partial charge in [-0.25, -0.2) is 5.48 Å². The van der Waals surface area contributed by atoms with Gasteiger partial charge in [-0.05, 0) is 17.7 Å². The molecule has 0 saturated heterocycles. The Bertz CT molecular complexity index is 299. The average Bonchev–Trinajstić information content (AvgIpc) is 2.04. The molecule has 0 atom stereocenters. The molecule has 0 unspecified atom stereocenters. The molecule has 0 saturated carbocycles. The van der Waals surface area contributed by atoms with Crippen molar-refractivity contribution in [2.24, 2.45) is 0 Å². The lowest BCUT2D eigenvalue weighted by molar-refractivity contribution is -0.114. The number of carbonyl (C=O) groups excluding carboxylic acids is 1. The maximum absolute atomic E-state index is 10.7. The summed E-state index contributed by atoms with van der Waals surface area (Å²) < 4.78 is 0. The van der Waals surface area contributed by atoms with E-state index in [1.807, 2.05) is 12.1 Å². The molecule has 3 N–H and O–H groups in total. The summed E-state index contributed by atoms with van der Waals surface area (Å²) in [6.07, 6.45) is 0. The maximum Gasteiger partial charge on any atom is 0.221 e. The first kappa shape index (κ1) is 9.70. The van der Waals surface area contributed by atoms with Gasteiger partial charge in [0.1, 0.15) is 0 Å². The van der Waals surface area contributed by atoms with E-state index in [1.54, 1.807) is 12.1 Å². The third-order valence-corrected chi connectivity index (χ3v) is 1.53. The Balaban J connectivity index is 2.73. The van der Waals surface area contributed by atoms with E-state index in [9.17, 15) is 4.79 Å². The van der Waals surface area contributed by atoms with E-state index in [1.165, 1.54) is 6.92 Å². The molecule has 0 fully saturated rings. The van der Waals surface area contributed by atoms with Crippen molar-refractivity contribution < 1.29 is 10.0 Å². The van der Waals surface area contributed by atoms with Crippen LogP contribution in [0.2, 0.25) is 0 Å². The fraction of sp³-hybridized carbons (Fsp3) is 0.222. The van der Waals surface area contributed by atoms with Gasteiger partial charge in [-0.15, -0.1) is 0 Å². The number of hydroxylamine groups is 1. The van der Waals surface area contributed by atoms with Crippen molar-refractivity contribution in [1.29, 1.82) is 0 Å². The molecule has 4 heteroatoms. The minimum Gasteiger partial charge on any atom is -0.326 e. The van der Waals surface area contributed by atoms with E-state index in [2.05, 4.69) is 10.8 Å². The van der Waals surface area contributed by atoms with Gasteiger partial charge in [0, 0.05) is 19.2 Å². The minimum atomic E-state index is -0.103. The highest BCUT2D eigenvalue weighted by Gasteiger charge is 1.96. The molecule has 1 aromatic rings. The molecule has 0 heterocycles. The molecule has 0 aliphatic carbocycles. The van der Waals surface area contributed by atoms with Crippen molar-refractivity contribution >= 4 is 11.6 Å². The van der Waals surface area contributed by atoms with E-state index in [-0.39, 0.29) is 5.91 Å². The van der Waals surface area contributed by atoms with Gasteiger partial charge in [0.05, 0.1) is 0 Å². The Morgan fingerprint density at radius 1 is 1.54 bits per heavy atom. The van der Waals surface area contributed by atoms with Crippen LogP contribution >= 0.6 is 0 Å². The second-order valence-electron chi connectivity index (χ2n) is 2.72. The second kappa shape index (κ2) is 4.59. The predicted molar refractivity (Wildman–Crippen MR) is 49.4 cm³/mol. The van der Waals surface area contributed by atoms with E-state index in [4.69, 9.17) is 5.21 Å². The molecule has 4 nitrogen and oxygen atoms in total. The smallest absolute Gasteiger partial charge is 0.221 e. The number of benzene rings is 1. The van der Waals surface area contributed by atoms with Crippen LogP contribution in [0.4, 0.5) is 5.69 Å². The van der Waals surface area contributed by atoms with Gasteiger partial charge < -0.3 is 10.5 Å². The van der Waals surface area contributed by atoms with E-state index < -0.39 is 0 Å². The lowest BCUT2D eigenvalue weighted by Crippen LogP contribution is -2.08. The topological polar surface area (TPSA) is 61.4 Å². The van der Waals surface area contributed by atoms with Crippen LogP contribution in [0.15, 0.2) is 24.3 Å². The zero-order chi connectivity index (χ0) is 9.68. The summed E-state index contributed by atoms with van der Waals surface area (Å²) in [5.41, 5.74) is 3.70. The molecular weight excluding hydrogens is 168 g/mol. The van der Waals surface area contributed by atoms with Gasteiger partial charge in [-0.3, -0.25) is 4.79 Å². The molecule has 1 amide bonds. The standard InChI is InChI=1S/C9H12N2O2/c1-7(12)11-9-4-2-3-8(5-9)6-10-13/h2-5,10,13H,6H2,1H3,(H,11,12). The van der Waals surface area contributed by atoms with Gasteiger partial charge in [0.15, 0.2) is 0 Å². The third kappa shape index (κ3) is 3.23. The zero-order valence-corrected chi connectivity index (χ0v) is 7.37. The van der Waals surface area contributed by atoms with Crippen molar-refractivity contribution in [3.05, 3.63) is 29.8 Å². The van der Waals surface area contributed by atoms with Crippen LogP contribution in [0.3, 0.4) is 0 Å². The van der Waals surface area contributed by atoms with Crippen molar-refractivity contribution in [1.82, 2.24) is 5.48 Å². The summed E-state index contributed by atoms with van der Waals surface area (Å²) in [6, 6.07) is 7.26. The Morgan fingerprint density at radius 2 is 2.31 bits per heavy atom. The Hall–Kier alpha value is -1.39. The van der Waals surface area contributed by atoms with Gasteiger partial charge >= 0.3 is 0 Å².